The number of aliphatic hydroxyl groups is 2. The highest BCUT2D eigenvalue weighted by molar-refractivity contribution is 5.77. The van der Waals surface area contributed by atoms with Gasteiger partial charge in [-0.1, -0.05) is 37.6 Å². The Balaban J connectivity index is 0.000000270. The summed E-state index contributed by atoms with van der Waals surface area (Å²) >= 11 is 0. The van der Waals surface area contributed by atoms with Gasteiger partial charge in [0, 0.05) is 26.4 Å². The minimum absolute atomic E-state index is 0.0231. The largest absolute Gasteiger partial charge is 0.435 e. The zero-order chi connectivity index (χ0) is 31.7. The van der Waals surface area contributed by atoms with E-state index in [0.717, 1.165) is 31.6 Å². The molecule has 1 spiro atoms. The van der Waals surface area contributed by atoms with Crippen LogP contribution in [0.1, 0.15) is 117 Å². The van der Waals surface area contributed by atoms with Crippen molar-refractivity contribution < 1.29 is 34.0 Å². The van der Waals surface area contributed by atoms with Gasteiger partial charge in [0.2, 0.25) is 6.29 Å². The summed E-state index contributed by atoms with van der Waals surface area (Å²) in [5.41, 5.74) is 1.65. The van der Waals surface area contributed by atoms with Crippen LogP contribution in [0.15, 0.2) is 17.3 Å². The molecule has 12 atom stereocenters. The standard InChI is InChI=1S/C28H44O4.C7H13NO4/c1-5-21-14-20(29)15-24(31-21)32-25(30)27(4)11-6-10-26(3)22(27)9-12-28-16-18(2)13-19(17-28)7-8-23(26)28;1-11-7-3-5(8-10)2-6(4-9)12-7/h19-24,29H,2,5-17H2,1,3-4H3;5-7,9H,2-4H2,1H3/t19?,20-,21+,22?,23?,24-,26+,27+,28+;5-,6-,7+/m00/s1. The second-order valence-corrected chi connectivity index (χ2v) is 15.5. The molecule has 0 aromatic heterocycles. The molecule has 44 heavy (non-hydrogen) atoms. The van der Waals surface area contributed by atoms with E-state index in [4.69, 9.17) is 24.1 Å². The van der Waals surface area contributed by atoms with Crippen LogP contribution in [0.3, 0.4) is 0 Å². The maximum atomic E-state index is 13.7. The second kappa shape index (κ2) is 13.8. The fraction of sp³-hybridized carbons (Fsp3) is 0.914. The van der Waals surface area contributed by atoms with E-state index < -0.39 is 24.1 Å². The average molecular weight is 620 g/mol. The van der Waals surface area contributed by atoms with Crippen LogP contribution < -0.4 is 0 Å². The van der Waals surface area contributed by atoms with Crippen molar-refractivity contribution >= 4 is 5.97 Å². The van der Waals surface area contributed by atoms with Crippen LogP contribution in [-0.2, 0) is 23.7 Å². The molecule has 0 aromatic rings. The van der Waals surface area contributed by atoms with E-state index in [1.54, 1.807) is 0 Å². The van der Waals surface area contributed by atoms with E-state index in [1.165, 1.54) is 57.6 Å². The number of allylic oxidation sites excluding steroid dienone is 1. The molecule has 2 heterocycles. The molecule has 9 heteroatoms. The number of carbonyl (C=O) groups is 1. The molecule has 0 radical (unpaired) electrons. The summed E-state index contributed by atoms with van der Waals surface area (Å²) in [7, 11) is 1.51. The lowest BCUT2D eigenvalue weighted by Gasteiger charge is -2.66. The van der Waals surface area contributed by atoms with Crippen molar-refractivity contribution in [2.45, 2.75) is 154 Å². The van der Waals surface area contributed by atoms with Gasteiger partial charge in [-0.3, -0.25) is 4.79 Å². The van der Waals surface area contributed by atoms with E-state index >= 15 is 0 Å². The SMILES string of the molecule is C=C1CC2CCC3[C@](CCC4[C@@]3(C)CCC[C@@]4(C)C(=O)O[C@H]3C[C@@H](O)C[C@@H](CC)O3)(C1)C2.CO[C@H]1C[C@@H](N=O)C[C@@H](CO)O1. The summed E-state index contributed by atoms with van der Waals surface area (Å²) in [6.45, 7) is 11.1. The fourth-order valence-corrected chi connectivity index (χ4v) is 10.8. The van der Waals surface area contributed by atoms with Crippen LogP contribution in [0.5, 0.6) is 0 Å². The normalized spacial score (nSPS) is 46.9. The Bertz CT molecular complexity index is 1030. The molecule has 6 fully saturated rings. The van der Waals surface area contributed by atoms with E-state index in [1.807, 2.05) is 0 Å². The Morgan fingerprint density at radius 2 is 1.80 bits per heavy atom. The molecule has 3 unspecified atom stereocenters. The van der Waals surface area contributed by atoms with Gasteiger partial charge in [0.05, 0.1) is 36.4 Å². The van der Waals surface area contributed by atoms with Crippen molar-refractivity contribution in [3.8, 4) is 0 Å². The topological polar surface area (TPSA) is 124 Å². The summed E-state index contributed by atoms with van der Waals surface area (Å²) in [4.78, 5) is 24.0. The van der Waals surface area contributed by atoms with Gasteiger partial charge in [0.25, 0.3) is 0 Å². The molecule has 6 aliphatic rings. The van der Waals surface area contributed by atoms with Gasteiger partial charge in [0.1, 0.15) is 0 Å². The zero-order valence-electron chi connectivity index (χ0n) is 27.5. The van der Waals surface area contributed by atoms with E-state index in [2.05, 4.69) is 32.5 Å². The molecule has 2 bridgehead atoms. The van der Waals surface area contributed by atoms with Gasteiger partial charge in [-0.15, -0.1) is 0 Å². The van der Waals surface area contributed by atoms with Crippen molar-refractivity contribution in [1.82, 2.24) is 0 Å². The molecular weight excluding hydrogens is 562 g/mol. The van der Waals surface area contributed by atoms with Crippen molar-refractivity contribution in [2.24, 2.45) is 39.2 Å². The van der Waals surface area contributed by atoms with Gasteiger partial charge in [0.15, 0.2) is 6.29 Å². The van der Waals surface area contributed by atoms with E-state index in [9.17, 15) is 14.8 Å². The molecule has 2 saturated heterocycles. The lowest BCUT2D eigenvalue weighted by Crippen LogP contribution is -2.60. The van der Waals surface area contributed by atoms with Crippen LogP contribution in [0, 0.1) is 38.9 Å². The minimum atomic E-state index is -0.603. The molecule has 0 aromatic carbocycles. The summed E-state index contributed by atoms with van der Waals surface area (Å²) in [6.07, 6.45) is 13.2. The maximum Gasteiger partial charge on any atom is 0.314 e. The monoisotopic (exact) mass is 619 g/mol. The number of carbonyl (C=O) groups excluding carboxylic acids is 1. The Morgan fingerprint density at radius 3 is 2.50 bits per heavy atom. The number of aliphatic hydroxyl groups excluding tert-OH is 2. The molecule has 2 N–H and O–H groups in total. The summed E-state index contributed by atoms with van der Waals surface area (Å²) in [5.74, 6) is 1.83. The molecule has 0 amide bonds. The highest BCUT2D eigenvalue weighted by Gasteiger charge is 2.64. The van der Waals surface area contributed by atoms with Crippen molar-refractivity contribution in [3.63, 3.8) is 0 Å². The fourth-order valence-electron chi connectivity index (χ4n) is 10.8. The van der Waals surface area contributed by atoms with Gasteiger partial charge < -0.3 is 29.2 Å². The number of hydrogen-bond donors (Lipinski definition) is 2. The number of ether oxygens (including phenoxy) is 4. The van der Waals surface area contributed by atoms with Gasteiger partial charge in [-0.05, 0) is 106 Å². The van der Waals surface area contributed by atoms with E-state index in [0.29, 0.717) is 42.9 Å². The van der Waals surface area contributed by atoms with Crippen molar-refractivity contribution in [1.29, 1.82) is 0 Å². The third-order valence-corrected chi connectivity index (χ3v) is 12.6. The van der Waals surface area contributed by atoms with Crippen LogP contribution in [0.2, 0.25) is 0 Å². The van der Waals surface area contributed by atoms with Gasteiger partial charge in [-0.25, -0.2) is 0 Å². The highest BCUT2D eigenvalue weighted by Crippen LogP contribution is 2.71. The predicted molar refractivity (Wildman–Crippen MR) is 166 cm³/mol. The van der Waals surface area contributed by atoms with Crippen LogP contribution >= 0.6 is 0 Å². The third kappa shape index (κ3) is 6.69. The van der Waals surface area contributed by atoms with Crippen molar-refractivity contribution in [3.05, 3.63) is 17.1 Å². The highest BCUT2D eigenvalue weighted by atomic mass is 16.7. The molecule has 9 nitrogen and oxygen atoms in total. The average Bonchev–Trinajstić information content (AvgIpc) is 2.99. The van der Waals surface area contributed by atoms with Crippen LogP contribution in [-0.4, -0.2) is 66.8 Å². The van der Waals surface area contributed by atoms with Crippen LogP contribution in [0.25, 0.3) is 0 Å². The molecular formula is C35H57NO8. The van der Waals surface area contributed by atoms with E-state index in [-0.39, 0.29) is 36.2 Å². The molecule has 2 aliphatic heterocycles. The molecule has 6 rings (SSSR count). The number of fused-ring (bicyclic) bond motifs is 3. The number of esters is 1. The zero-order valence-corrected chi connectivity index (χ0v) is 27.5. The lowest BCUT2D eigenvalue weighted by molar-refractivity contribution is -0.236. The Hall–Kier alpha value is -1.39. The Labute approximate surface area is 263 Å². The quantitative estimate of drug-likeness (QED) is 0.198. The minimum Gasteiger partial charge on any atom is -0.435 e. The number of nitrogens with zero attached hydrogens (tertiary/aromatic N) is 1. The van der Waals surface area contributed by atoms with Crippen LogP contribution in [0.4, 0.5) is 0 Å². The summed E-state index contributed by atoms with van der Waals surface area (Å²) < 4.78 is 22.2. The number of rotatable bonds is 6. The Kier molecular flexibility index (Phi) is 10.6. The number of nitroso groups, excluding NO2 is 1. The first-order valence-electron chi connectivity index (χ1n) is 17.3. The lowest BCUT2D eigenvalue weighted by atomic mass is 9.38. The summed E-state index contributed by atoms with van der Waals surface area (Å²) in [5, 5.41) is 22.0. The molecule has 250 valence electrons. The number of hydrogen-bond acceptors (Lipinski definition) is 9. The number of methoxy groups -OCH3 is 1. The van der Waals surface area contributed by atoms with Gasteiger partial charge >= 0.3 is 5.97 Å². The molecule has 4 aliphatic carbocycles. The first kappa shape index (κ1) is 34.0. The first-order chi connectivity index (χ1) is 21.0. The second-order valence-electron chi connectivity index (χ2n) is 15.5. The van der Waals surface area contributed by atoms with Crippen molar-refractivity contribution in [2.75, 3.05) is 13.7 Å². The predicted octanol–water partition coefficient (Wildman–Crippen LogP) is 6.43. The Morgan fingerprint density at radius 1 is 1.02 bits per heavy atom. The smallest absolute Gasteiger partial charge is 0.314 e. The molecule has 4 saturated carbocycles. The maximum absolute atomic E-state index is 13.7. The third-order valence-electron chi connectivity index (χ3n) is 12.6. The van der Waals surface area contributed by atoms with Gasteiger partial charge in [-0.2, -0.15) is 4.91 Å². The summed E-state index contributed by atoms with van der Waals surface area (Å²) in [6, 6.07) is -0.291. The first-order valence-corrected chi connectivity index (χ1v) is 17.3.